The van der Waals surface area contributed by atoms with E-state index < -0.39 is 19.3 Å². The monoisotopic (exact) mass is 234 g/mol. The van der Waals surface area contributed by atoms with E-state index in [9.17, 15) is 14.1 Å². The molecule has 84 valence electrons. The lowest BCUT2D eigenvalue weighted by Crippen LogP contribution is -2.02. The van der Waals surface area contributed by atoms with Gasteiger partial charge in [-0.2, -0.15) is 0 Å². The molecule has 1 rings (SSSR count). The van der Waals surface area contributed by atoms with Crippen molar-refractivity contribution in [2.75, 3.05) is 14.2 Å². The maximum atomic E-state index is 12.8. The smallest absolute Gasteiger partial charge is 0.362 e. The van der Waals surface area contributed by atoms with Crippen molar-refractivity contribution in [1.29, 1.82) is 0 Å². The van der Waals surface area contributed by atoms with Crippen LogP contribution in [0.2, 0.25) is 0 Å². The SMILES string of the molecule is COP(=O)(OC)[C@@H](O)c1cccc(F)c1. The van der Waals surface area contributed by atoms with Gasteiger partial charge in [0.1, 0.15) is 5.82 Å². The van der Waals surface area contributed by atoms with Crippen molar-refractivity contribution in [3.05, 3.63) is 35.6 Å². The number of rotatable bonds is 4. The van der Waals surface area contributed by atoms with Crippen LogP contribution in [0.4, 0.5) is 4.39 Å². The third-order valence-corrected chi connectivity index (χ3v) is 3.87. The van der Waals surface area contributed by atoms with Crippen LogP contribution in [0.5, 0.6) is 0 Å². The second kappa shape index (κ2) is 4.86. The van der Waals surface area contributed by atoms with Crippen molar-refractivity contribution in [2.24, 2.45) is 0 Å². The second-order valence-electron chi connectivity index (χ2n) is 2.83. The summed E-state index contributed by atoms with van der Waals surface area (Å²) in [5, 5.41) is 9.68. The van der Waals surface area contributed by atoms with Crippen molar-refractivity contribution in [1.82, 2.24) is 0 Å². The Labute approximate surface area is 87.2 Å². The zero-order valence-electron chi connectivity index (χ0n) is 8.38. The largest absolute Gasteiger partial charge is 0.376 e. The molecule has 1 atom stereocenters. The molecule has 0 saturated heterocycles. The van der Waals surface area contributed by atoms with Crippen LogP contribution in [0.15, 0.2) is 24.3 Å². The lowest BCUT2D eigenvalue weighted by molar-refractivity contribution is 0.176. The van der Waals surface area contributed by atoms with E-state index in [4.69, 9.17) is 0 Å². The first-order valence-electron chi connectivity index (χ1n) is 4.18. The molecule has 0 fully saturated rings. The normalized spacial score (nSPS) is 13.9. The van der Waals surface area contributed by atoms with Crippen LogP contribution in [0.1, 0.15) is 11.4 Å². The van der Waals surface area contributed by atoms with Gasteiger partial charge in [-0.1, -0.05) is 12.1 Å². The average Bonchev–Trinajstić information content (AvgIpc) is 2.27. The molecule has 6 heteroatoms. The maximum absolute atomic E-state index is 12.8. The topological polar surface area (TPSA) is 55.8 Å². The fourth-order valence-electron chi connectivity index (χ4n) is 1.12. The Balaban J connectivity index is 3.03. The van der Waals surface area contributed by atoms with Gasteiger partial charge in [-0.3, -0.25) is 4.57 Å². The van der Waals surface area contributed by atoms with E-state index in [-0.39, 0.29) is 5.56 Å². The first-order valence-corrected chi connectivity index (χ1v) is 5.79. The molecule has 1 aromatic rings. The molecule has 0 heterocycles. The summed E-state index contributed by atoms with van der Waals surface area (Å²) in [6, 6.07) is 5.15. The highest BCUT2D eigenvalue weighted by Crippen LogP contribution is 2.58. The van der Waals surface area contributed by atoms with Crippen LogP contribution in [-0.2, 0) is 13.6 Å². The van der Waals surface area contributed by atoms with Crippen LogP contribution >= 0.6 is 7.60 Å². The standard InChI is InChI=1S/C9H12FO4P/c1-13-15(12,14-2)9(11)7-4-3-5-8(10)6-7/h3-6,9,11H,1-2H3/t9-/m1/s1. The summed E-state index contributed by atoms with van der Waals surface area (Å²) in [5.74, 6) is -2.01. The van der Waals surface area contributed by atoms with E-state index >= 15 is 0 Å². The first kappa shape index (κ1) is 12.3. The molecule has 1 N–H and O–H groups in total. The van der Waals surface area contributed by atoms with Gasteiger partial charge in [0.15, 0.2) is 5.85 Å². The molecular weight excluding hydrogens is 222 g/mol. The molecule has 0 bridgehead atoms. The van der Waals surface area contributed by atoms with Gasteiger partial charge >= 0.3 is 7.60 Å². The Morgan fingerprint density at radius 2 is 2.00 bits per heavy atom. The molecule has 1 aromatic carbocycles. The van der Waals surface area contributed by atoms with Gasteiger partial charge in [0, 0.05) is 14.2 Å². The molecule has 0 amide bonds. The van der Waals surface area contributed by atoms with Gasteiger partial charge in [-0.05, 0) is 17.7 Å². The van der Waals surface area contributed by atoms with Gasteiger partial charge in [-0.25, -0.2) is 4.39 Å². The second-order valence-corrected chi connectivity index (χ2v) is 5.13. The van der Waals surface area contributed by atoms with Crippen LogP contribution in [0.25, 0.3) is 0 Å². The van der Waals surface area contributed by atoms with Gasteiger partial charge in [0.05, 0.1) is 0 Å². The highest BCUT2D eigenvalue weighted by Gasteiger charge is 2.33. The molecule has 0 aromatic heterocycles. The summed E-state index contributed by atoms with van der Waals surface area (Å²) >= 11 is 0. The minimum absolute atomic E-state index is 0.155. The van der Waals surface area contributed by atoms with Crippen molar-refractivity contribution in [3.8, 4) is 0 Å². The molecule has 0 aliphatic rings. The van der Waals surface area contributed by atoms with Gasteiger partial charge in [-0.15, -0.1) is 0 Å². The van der Waals surface area contributed by atoms with E-state index in [1.54, 1.807) is 0 Å². The van der Waals surface area contributed by atoms with Gasteiger partial charge in [0.2, 0.25) is 0 Å². The lowest BCUT2D eigenvalue weighted by atomic mass is 10.2. The van der Waals surface area contributed by atoms with Crippen molar-refractivity contribution in [2.45, 2.75) is 5.85 Å². The number of benzene rings is 1. The van der Waals surface area contributed by atoms with E-state index in [1.165, 1.54) is 18.2 Å². The van der Waals surface area contributed by atoms with Crippen molar-refractivity contribution < 1.29 is 23.1 Å². The fraction of sp³-hybridized carbons (Fsp3) is 0.333. The molecule has 0 radical (unpaired) electrons. The highest BCUT2D eigenvalue weighted by atomic mass is 31.2. The molecular formula is C9H12FO4P. The Morgan fingerprint density at radius 3 is 2.47 bits per heavy atom. The Hall–Kier alpha value is -0.740. The molecule has 0 unspecified atom stereocenters. The molecule has 0 aliphatic heterocycles. The molecule has 4 nitrogen and oxygen atoms in total. The molecule has 0 aliphatic carbocycles. The fourth-order valence-corrected chi connectivity index (χ4v) is 2.20. The Bertz CT molecular complexity index is 374. The van der Waals surface area contributed by atoms with Crippen molar-refractivity contribution >= 4 is 7.60 Å². The van der Waals surface area contributed by atoms with Crippen LogP contribution < -0.4 is 0 Å². The van der Waals surface area contributed by atoms with E-state index in [0.29, 0.717) is 0 Å². The zero-order chi connectivity index (χ0) is 11.5. The summed E-state index contributed by atoms with van der Waals surface area (Å²) in [4.78, 5) is 0. The van der Waals surface area contributed by atoms with Gasteiger partial charge < -0.3 is 14.2 Å². The summed E-state index contributed by atoms with van der Waals surface area (Å²) in [7, 11) is -1.31. The summed E-state index contributed by atoms with van der Waals surface area (Å²) < 4.78 is 33.8. The van der Waals surface area contributed by atoms with Crippen LogP contribution in [0.3, 0.4) is 0 Å². The Kier molecular flexibility index (Phi) is 3.99. The minimum Gasteiger partial charge on any atom is -0.376 e. The number of hydrogen-bond donors (Lipinski definition) is 1. The molecule has 15 heavy (non-hydrogen) atoms. The summed E-state index contributed by atoms with van der Waals surface area (Å²) in [6.45, 7) is 0. The summed E-state index contributed by atoms with van der Waals surface area (Å²) in [5.41, 5.74) is 0.155. The lowest BCUT2D eigenvalue weighted by Gasteiger charge is -2.19. The quantitative estimate of drug-likeness (QED) is 0.812. The minimum atomic E-state index is -3.63. The summed E-state index contributed by atoms with van der Waals surface area (Å²) in [6.07, 6.45) is 0. The average molecular weight is 234 g/mol. The molecule has 0 saturated carbocycles. The number of aliphatic hydroxyl groups is 1. The van der Waals surface area contributed by atoms with Gasteiger partial charge in [0.25, 0.3) is 0 Å². The van der Waals surface area contributed by atoms with E-state index in [2.05, 4.69) is 9.05 Å². The number of aliphatic hydroxyl groups excluding tert-OH is 1. The predicted octanol–water partition coefficient (Wildman–Crippen LogP) is 2.30. The van der Waals surface area contributed by atoms with E-state index in [0.717, 1.165) is 20.3 Å². The predicted molar refractivity (Wildman–Crippen MR) is 53.0 cm³/mol. The number of hydrogen-bond acceptors (Lipinski definition) is 4. The number of halogens is 1. The Morgan fingerprint density at radius 1 is 1.40 bits per heavy atom. The van der Waals surface area contributed by atoms with E-state index in [1.807, 2.05) is 0 Å². The third-order valence-electron chi connectivity index (χ3n) is 1.96. The maximum Gasteiger partial charge on any atom is 0.362 e. The zero-order valence-corrected chi connectivity index (χ0v) is 9.28. The van der Waals surface area contributed by atoms with Crippen LogP contribution in [0, 0.1) is 5.82 Å². The van der Waals surface area contributed by atoms with Crippen LogP contribution in [-0.4, -0.2) is 19.3 Å². The third kappa shape index (κ3) is 2.63. The molecule has 0 spiro atoms. The first-order chi connectivity index (χ1) is 7.03. The van der Waals surface area contributed by atoms with Crippen molar-refractivity contribution in [3.63, 3.8) is 0 Å². The highest BCUT2D eigenvalue weighted by molar-refractivity contribution is 7.53.